The fraction of sp³-hybridized carbons (Fsp3) is 0.308. The molecule has 0 spiro atoms. The molecule has 2 amide bonds. The molecule has 0 saturated carbocycles. The van der Waals surface area contributed by atoms with E-state index in [0.29, 0.717) is 23.8 Å². The van der Waals surface area contributed by atoms with Crippen LogP contribution in [0.5, 0.6) is 0 Å². The van der Waals surface area contributed by atoms with Crippen molar-refractivity contribution >= 4 is 23.6 Å². The standard InChI is InChI=1S/C26H28N2O3S/c1-18(2)15-23(19-7-4-3-5-8-19)27-25(30)20-10-12-21(13-11-20)26-28(24(29)17-32-26)16-22-9-6-14-31-22/h3-14,18,23,26H,15-17H2,1-2H3,(H,27,30)/t23-,26-/m1/s1. The lowest BCUT2D eigenvalue weighted by molar-refractivity contribution is -0.128. The van der Waals surface area contributed by atoms with Gasteiger partial charge in [0.1, 0.15) is 11.1 Å². The number of carbonyl (C=O) groups is 2. The van der Waals surface area contributed by atoms with Gasteiger partial charge in [-0.2, -0.15) is 0 Å². The first-order valence-electron chi connectivity index (χ1n) is 10.9. The zero-order valence-corrected chi connectivity index (χ0v) is 19.2. The van der Waals surface area contributed by atoms with Crippen molar-refractivity contribution in [3.8, 4) is 0 Å². The number of rotatable bonds is 8. The summed E-state index contributed by atoms with van der Waals surface area (Å²) in [7, 11) is 0. The number of amides is 2. The summed E-state index contributed by atoms with van der Waals surface area (Å²) < 4.78 is 5.42. The quantitative estimate of drug-likeness (QED) is 0.489. The molecule has 1 aliphatic rings. The SMILES string of the molecule is CC(C)C[C@@H](NC(=O)c1ccc([C@H]2SCC(=O)N2Cc2ccco2)cc1)c1ccccc1. The second-order valence-electron chi connectivity index (χ2n) is 8.45. The Bertz CT molecular complexity index is 1030. The van der Waals surface area contributed by atoms with Crippen LogP contribution in [0.2, 0.25) is 0 Å². The summed E-state index contributed by atoms with van der Waals surface area (Å²) in [6.45, 7) is 4.76. The molecule has 0 radical (unpaired) electrons. The third-order valence-electron chi connectivity index (χ3n) is 5.55. The number of carbonyl (C=O) groups excluding carboxylic acids is 2. The van der Waals surface area contributed by atoms with Crippen LogP contribution < -0.4 is 5.32 Å². The van der Waals surface area contributed by atoms with Crippen LogP contribution in [0.15, 0.2) is 77.4 Å². The van der Waals surface area contributed by atoms with E-state index in [1.165, 1.54) is 0 Å². The third-order valence-corrected chi connectivity index (χ3v) is 6.80. The Kier molecular flexibility index (Phi) is 7.00. The molecule has 166 valence electrons. The molecular formula is C26H28N2O3S. The van der Waals surface area contributed by atoms with E-state index in [1.54, 1.807) is 18.0 Å². The predicted octanol–water partition coefficient (Wildman–Crippen LogP) is 5.57. The summed E-state index contributed by atoms with van der Waals surface area (Å²) in [5.74, 6) is 1.67. The van der Waals surface area contributed by atoms with Crippen molar-refractivity contribution < 1.29 is 14.0 Å². The van der Waals surface area contributed by atoms with Gasteiger partial charge in [-0.1, -0.05) is 56.3 Å². The Morgan fingerprint density at radius 1 is 1.09 bits per heavy atom. The summed E-state index contributed by atoms with van der Waals surface area (Å²) in [5.41, 5.74) is 2.73. The summed E-state index contributed by atoms with van der Waals surface area (Å²) in [6, 6.07) is 21.3. The normalized spacial score (nSPS) is 17.0. The molecule has 2 aromatic carbocycles. The van der Waals surface area contributed by atoms with Crippen LogP contribution in [-0.4, -0.2) is 22.5 Å². The lowest BCUT2D eigenvalue weighted by atomic mass is 9.96. The number of thioether (sulfide) groups is 1. The zero-order chi connectivity index (χ0) is 22.5. The van der Waals surface area contributed by atoms with E-state index in [-0.39, 0.29) is 23.2 Å². The van der Waals surface area contributed by atoms with Gasteiger partial charge in [0.2, 0.25) is 5.91 Å². The molecule has 4 rings (SSSR count). The molecule has 1 N–H and O–H groups in total. The first kappa shape index (κ1) is 22.2. The van der Waals surface area contributed by atoms with E-state index in [9.17, 15) is 9.59 Å². The van der Waals surface area contributed by atoms with Crippen LogP contribution in [0.25, 0.3) is 0 Å². The highest BCUT2D eigenvalue weighted by Gasteiger charge is 2.33. The van der Waals surface area contributed by atoms with Crippen molar-refractivity contribution in [2.45, 2.75) is 38.2 Å². The minimum absolute atomic E-state index is 0.0322. The summed E-state index contributed by atoms with van der Waals surface area (Å²) in [6.07, 6.45) is 2.49. The number of furan rings is 1. The highest BCUT2D eigenvalue weighted by Crippen LogP contribution is 2.39. The second-order valence-corrected chi connectivity index (χ2v) is 9.52. The third kappa shape index (κ3) is 5.25. The molecule has 1 aromatic heterocycles. The maximum Gasteiger partial charge on any atom is 0.251 e. The second kappa shape index (κ2) is 10.1. The van der Waals surface area contributed by atoms with Crippen molar-refractivity contribution in [2.24, 2.45) is 5.92 Å². The van der Waals surface area contributed by atoms with Gasteiger partial charge in [-0.3, -0.25) is 9.59 Å². The lowest BCUT2D eigenvalue weighted by Crippen LogP contribution is -2.29. The van der Waals surface area contributed by atoms with Crippen LogP contribution in [0, 0.1) is 5.92 Å². The van der Waals surface area contributed by atoms with E-state index in [0.717, 1.165) is 23.3 Å². The van der Waals surface area contributed by atoms with Crippen LogP contribution in [0.1, 0.15) is 58.9 Å². The molecule has 1 saturated heterocycles. The number of nitrogens with zero attached hydrogens (tertiary/aromatic N) is 1. The Morgan fingerprint density at radius 2 is 1.84 bits per heavy atom. The molecule has 6 heteroatoms. The van der Waals surface area contributed by atoms with Crippen LogP contribution in [0.4, 0.5) is 0 Å². The van der Waals surface area contributed by atoms with Crippen molar-refractivity contribution in [3.63, 3.8) is 0 Å². The van der Waals surface area contributed by atoms with Gasteiger partial charge >= 0.3 is 0 Å². The largest absolute Gasteiger partial charge is 0.467 e. The van der Waals surface area contributed by atoms with Gasteiger partial charge in [0.25, 0.3) is 5.91 Å². The van der Waals surface area contributed by atoms with Crippen molar-refractivity contribution in [1.82, 2.24) is 10.2 Å². The van der Waals surface area contributed by atoms with Gasteiger partial charge in [-0.05, 0) is 47.7 Å². The number of nitrogens with one attached hydrogen (secondary N) is 1. The summed E-state index contributed by atoms with van der Waals surface area (Å²) in [5, 5.41) is 3.11. The molecule has 1 aliphatic heterocycles. The predicted molar refractivity (Wildman–Crippen MR) is 127 cm³/mol. The maximum atomic E-state index is 13.0. The average molecular weight is 449 g/mol. The monoisotopic (exact) mass is 448 g/mol. The fourth-order valence-corrected chi connectivity index (χ4v) is 5.14. The number of hydrogen-bond acceptors (Lipinski definition) is 4. The molecule has 0 bridgehead atoms. The number of hydrogen-bond donors (Lipinski definition) is 1. The molecule has 2 heterocycles. The van der Waals surface area contributed by atoms with E-state index in [1.807, 2.05) is 59.5 Å². The van der Waals surface area contributed by atoms with Gasteiger partial charge < -0.3 is 14.6 Å². The minimum Gasteiger partial charge on any atom is -0.467 e. The Labute approximate surface area is 193 Å². The van der Waals surface area contributed by atoms with Gasteiger partial charge in [-0.25, -0.2) is 0 Å². The molecule has 5 nitrogen and oxygen atoms in total. The maximum absolute atomic E-state index is 13.0. The fourth-order valence-electron chi connectivity index (χ4n) is 3.95. The molecule has 0 unspecified atom stereocenters. The van der Waals surface area contributed by atoms with E-state index < -0.39 is 0 Å². The van der Waals surface area contributed by atoms with Gasteiger partial charge in [0.15, 0.2) is 0 Å². The molecule has 0 aliphatic carbocycles. The van der Waals surface area contributed by atoms with Crippen LogP contribution in [-0.2, 0) is 11.3 Å². The highest BCUT2D eigenvalue weighted by atomic mass is 32.2. The van der Waals surface area contributed by atoms with Crippen LogP contribution in [0.3, 0.4) is 0 Å². The van der Waals surface area contributed by atoms with E-state index in [2.05, 4.69) is 31.3 Å². The van der Waals surface area contributed by atoms with Gasteiger partial charge in [0.05, 0.1) is 24.6 Å². The van der Waals surface area contributed by atoms with Gasteiger partial charge in [0, 0.05) is 5.56 Å². The first-order chi connectivity index (χ1) is 15.5. The summed E-state index contributed by atoms with van der Waals surface area (Å²) >= 11 is 1.60. The van der Waals surface area contributed by atoms with Crippen LogP contribution >= 0.6 is 11.8 Å². The topological polar surface area (TPSA) is 62.6 Å². The molecular weight excluding hydrogens is 420 g/mol. The van der Waals surface area contributed by atoms with E-state index >= 15 is 0 Å². The molecule has 1 fully saturated rings. The molecule has 3 aromatic rings. The smallest absolute Gasteiger partial charge is 0.251 e. The lowest BCUT2D eigenvalue weighted by Gasteiger charge is -2.24. The average Bonchev–Trinajstić information content (AvgIpc) is 3.44. The minimum atomic E-state index is -0.0892. The molecule has 2 atom stereocenters. The van der Waals surface area contributed by atoms with Crippen molar-refractivity contribution in [1.29, 1.82) is 0 Å². The highest BCUT2D eigenvalue weighted by molar-refractivity contribution is 8.00. The Balaban J connectivity index is 1.46. The zero-order valence-electron chi connectivity index (χ0n) is 18.4. The molecule has 32 heavy (non-hydrogen) atoms. The first-order valence-corrected chi connectivity index (χ1v) is 12.0. The van der Waals surface area contributed by atoms with E-state index in [4.69, 9.17) is 4.42 Å². The Hall–Kier alpha value is -2.99. The van der Waals surface area contributed by atoms with Crippen molar-refractivity contribution in [3.05, 3.63) is 95.4 Å². The number of benzene rings is 2. The van der Waals surface area contributed by atoms with Gasteiger partial charge in [-0.15, -0.1) is 11.8 Å². The summed E-state index contributed by atoms with van der Waals surface area (Å²) in [4.78, 5) is 27.2. The van der Waals surface area contributed by atoms with Crippen molar-refractivity contribution in [2.75, 3.05) is 5.75 Å². The Morgan fingerprint density at radius 3 is 2.50 bits per heavy atom.